The third kappa shape index (κ3) is 3.96. The van der Waals surface area contributed by atoms with Gasteiger partial charge in [0.2, 0.25) is 0 Å². The second kappa shape index (κ2) is 8.33. The molecule has 0 aliphatic carbocycles. The highest BCUT2D eigenvalue weighted by atomic mass is 35.5. The summed E-state index contributed by atoms with van der Waals surface area (Å²) in [5.74, 6) is 0.136. The van der Waals surface area contributed by atoms with Crippen molar-refractivity contribution in [2.24, 2.45) is 0 Å². The Bertz CT molecular complexity index is 1250. The number of thioether (sulfide) groups is 1. The molecule has 1 N–H and O–H groups in total. The van der Waals surface area contributed by atoms with Gasteiger partial charge in [-0.15, -0.1) is 6.58 Å². The van der Waals surface area contributed by atoms with Gasteiger partial charge >= 0.3 is 0 Å². The van der Waals surface area contributed by atoms with Crippen LogP contribution in [0.25, 0.3) is 10.9 Å². The van der Waals surface area contributed by atoms with Gasteiger partial charge < -0.3 is 10.1 Å². The number of amides is 1. The lowest BCUT2D eigenvalue weighted by Gasteiger charge is -2.18. The number of fused-ring (bicyclic) bond motifs is 2. The Labute approximate surface area is 180 Å². The van der Waals surface area contributed by atoms with Gasteiger partial charge in [-0.2, -0.15) is 0 Å². The summed E-state index contributed by atoms with van der Waals surface area (Å²) in [6, 6.07) is 9.77. The fourth-order valence-corrected chi connectivity index (χ4v) is 4.11. The molecule has 9 heteroatoms. The highest BCUT2D eigenvalue weighted by Gasteiger charge is 2.19. The molecule has 2 aromatic carbocycles. The number of ether oxygens (including phenoxy) is 1. The largest absolute Gasteiger partial charge is 0.482 e. The number of carbonyl (C=O) groups excluding carboxylic acids is 2. The zero-order chi connectivity index (χ0) is 21.3. The van der Waals surface area contributed by atoms with Crippen LogP contribution in [0.1, 0.15) is 10.4 Å². The summed E-state index contributed by atoms with van der Waals surface area (Å²) in [6.45, 7) is 3.91. The van der Waals surface area contributed by atoms with Crippen molar-refractivity contribution in [3.05, 3.63) is 70.0 Å². The summed E-state index contributed by atoms with van der Waals surface area (Å²) in [6.07, 6.45) is 1.60. The van der Waals surface area contributed by atoms with Gasteiger partial charge in [-0.3, -0.25) is 19.0 Å². The summed E-state index contributed by atoms with van der Waals surface area (Å²) in [7, 11) is 0. The van der Waals surface area contributed by atoms with Gasteiger partial charge in [0.25, 0.3) is 11.5 Å². The molecular weight excluding hydrogens is 426 g/mol. The minimum atomic E-state index is -0.269. The summed E-state index contributed by atoms with van der Waals surface area (Å²) in [5, 5.41) is 4.00. The molecule has 0 saturated heterocycles. The van der Waals surface area contributed by atoms with Crippen molar-refractivity contribution in [3.8, 4) is 5.75 Å². The maximum Gasteiger partial charge on any atom is 0.262 e. The number of nitrogens with zero attached hydrogens (tertiary/aromatic N) is 2. The molecular formula is C21H16ClN3O4S. The maximum atomic E-state index is 12.8. The molecule has 0 saturated carbocycles. The summed E-state index contributed by atoms with van der Waals surface area (Å²) in [5.41, 5.74) is 1.13. The van der Waals surface area contributed by atoms with E-state index in [2.05, 4.69) is 16.9 Å². The van der Waals surface area contributed by atoms with Crippen LogP contribution in [-0.4, -0.2) is 33.6 Å². The molecule has 1 aliphatic heterocycles. The first-order valence-electron chi connectivity index (χ1n) is 9.00. The monoisotopic (exact) mass is 441 g/mol. The van der Waals surface area contributed by atoms with Crippen molar-refractivity contribution in [1.82, 2.24) is 9.55 Å². The van der Waals surface area contributed by atoms with Crippen LogP contribution in [0.5, 0.6) is 5.75 Å². The highest BCUT2D eigenvalue weighted by molar-refractivity contribution is 7.99. The lowest BCUT2D eigenvalue weighted by Crippen LogP contribution is -2.25. The zero-order valence-corrected chi connectivity index (χ0v) is 17.3. The topological polar surface area (TPSA) is 90.3 Å². The van der Waals surface area contributed by atoms with Crippen molar-refractivity contribution < 1.29 is 14.3 Å². The average Bonchev–Trinajstić information content (AvgIpc) is 2.73. The minimum Gasteiger partial charge on any atom is -0.482 e. The van der Waals surface area contributed by atoms with Gasteiger partial charge in [-0.25, -0.2) is 4.98 Å². The Morgan fingerprint density at radius 3 is 2.93 bits per heavy atom. The number of aromatic nitrogens is 2. The Balaban J connectivity index is 1.61. The number of nitrogens with one attached hydrogen (secondary N) is 1. The Kier molecular flexibility index (Phi) is 5.61. The number of ketones is 1. The van der Waals surface area contributed by atoms with E-state index in [1.54, 1.807) is 42.5 Å². The molecule has 1 aliphatic rings. The SMILES string of the molecule is C=CCn1c(SCC(=O)c2ccc3c(c2)NC(=O)CO3)nc2cc(Cl)ccc2c1=O. The molecule has 152 valence electrons. The van der Waals surface area contributed by atoms with E-state index in [-0.39, 0.29) is 36.2 Å². The Hall–Kier alpha value is -3.10. The first-order valence-corrected chi connectivity index (χ1v) is 10.4. The van der Waals surface area contributed by atoms with E-state index in [1.165, 1.54) is 4.57 Å². The predicted molar refractivity (Wildman–Crippen MR) is 117 cm³/mol. The summed E-state index contributed by atoms with van der Waals surface area (Å²) in [4.78, 5) is 41.6. The maximum absolute atomic E-state index is 12.8. The average molecular weight is 442 g/mol. The van der Waals surface area contributed by atoms with Crippen molar-refractivity contribution in [2.45, 2.75) is 11.7 Å². The quantitative estimate of drug-likeness (QED) is 0.272. The van der Waals surface area contributed by atoms with Crippen molar-refractivity contribution in [1.29, 1.82) is 0 Å². The van der Waals surface area contributed by atoms with Gasteiger partial charge in [0.05, 0.1) is 22.3 Å². The highest BCUT2D eigenvalue weighted by Crippen LogP contribution is 2.29. The lowest BCUT2D eigenvalue weighted by atomic mass is 10.1. The number of allylic oxidation sites excluding steroid dienone is 1. The van der Waals surface area contributed by atoms with Crippen LogP contribution in [0.3, 0.4) is 0 Å². The minimum absolute atomic E-state index is 0.0470. The molecule has 2 heterocycles. The number of anilines is 1. The van der Waals surface area contributed by atoms with E-state index in [0.29, 0.717) is 38.1 Å². The molecule has 30 heavy (non-hydrogen) atoms. The van der Waals surface area contributed by atoms with Crippen LogP contribution >= 0.6 is 23.4 Å². The van der Waals surface area contributed by atoms with Crippen LogP contribution in [0.2, 0.25) is 5.02 Å². The fourth-order valence-electron chi connectivity index (χ4n) is 3.04. The van der Waals surface area contributed by atoms with E-state index in [9.17, 15) is 14.4 Å². The van der Waals surface area contributed by atoms with Gasteiger partial charge in [0, 0.05) is 17.1 Å². The number of hydrogen-bond donors (Lipinski definition) is 1. The number of Topliss-reactive ketones (excluding diaryl/α,β-unsaturated/α-hetero) is 1. The molecule has 4 rings (SSSR count). The van der Waals surface area contributed by atoms with E-state index in [1.807, 2.05) is 0 Å². The predicted octanol–water partition coefficient (Wildman–Crippen LogP) is 3.54. The molecule has 0 fully saturated rings. The van der Waals surface area contributed by atoms with E-state index in [4.69, 9.17) is 16.3 Å². The Morgan fingerprint density at radius 2 is 2.13 bits per heavy atom. The van der Waals surface area contributed by atoms with Gasteiger partial charge in [0.15, 0.2) is 17.5 Å². The molecule has 0 atom stereocenters. The molecule has 0 radical (unpaired) electrons. The third-order valence-corrected chi connectivity index (χ3v) is 5.67. The normalized spacial score (nSPS) is 12.8. The van der Waals surface area contributed by atoms with E-state index < -0.39 is 0 Å². The number of hydrogen-bond acceptors (Lipinski definition) is 6. The summed E-state index contributed by atoms with van der Waals surface area (Å²) >= 11 is 7.19. The van der Waals surface area contributed by atoms with Crippen molar-refractivity contribution >= 4 is 51.6 Å². The number of rotatable bonds is 6. The molecule has 7 nitrogen and oxygen atoms in total. The third-order valence-electron chi connectivity index (χ3n) is 4.46. The van der Waals surface area contributed by atoms with Gasteiger partial charge in [-0.1, -0.05) is 29.4 Å². The van der Waals surface area contributed by atoms with Gasteiger partial charge in [-0.05, 0) is 36.4 Å². The molecule has 1 aromatic heterocycles. The number of halogens is 1. The second-order valence-corrected chi connectivity index (χ2v) is 7.90. The molecule has 0 spiro atoms. The first-order chi connectivity index (χ1) is 14.5. The van der Waals surface area contributed by atoms with Crippen LogP contribution < -0.4 is 15.6 Å². The number of carbonyl (C=O) groups is 2. The second-order valence-electron chi connectivity index (χ2n) is 6.52. The lowest BCUT2D eigenvalue weighted by molar-refractivity contribution is -0.118. The fraction of sp³-hybridized carbons (Fsp3) is 0.143. The summed E-state index contributed by atoms with van der Waals surface area (Å²) < 4.78 is 6.78. The van der Waals surface area contributed by atoms with Crippen LogP contribution in [0.4, 0.5) is 5.69 Å². The molecule has 1 amide bonds. The van der Waals surface area contributed by atoms with Gasteiger partial charge in [0.1, 0.15) is 5.75 Å². The van der Waals surface area contributed by atoms with E-state index in [0.717, 1.165) is 11.8 Å². The van der Waals surface area contributed by atoms with Crippen molar-refractivity contribution in [2.75, 3.05) is 17.7 Å². The van der Waals surface area contributed by atoms with E-state index >= 15 is 0 Å². The van der Waals surface area contributed by atoms with Crippen LogP contribution in [0, 0.1) is 0 Å². The molecule has 3 aromatic rings. The van der Waals surface area contributed by atoms with Crippen LogP contribution in [-0.2, 0) is 11.3 Å². The number of benzene rings is 2. The zero-order valence-electron chi connectivity index (χ0n) is 15.7. The van der Waals surface area contributed by atoms with Crippen LogP contribution in [0.15, 0.2) is 59.0 Å². The molecule has 0 unspecified atom stereocenters. The smallest absolute Gasteiger partial charge is 0.262 e. The van der Waals surface area contributed by atoms with Crippen molar-refractivity contribution in [3.63, 3.8) is 0 Å². The molecule has 0 bridgehead atoms. The Morgan fingerprint density at radius 1 is 1.30 bits per heavy atom. The standard InChI is InChI=1S/C21H16ClN3O4S/c1-2-7-25-20(28)14-5-4-13(22)9-15(14)24-21(25)30-11-17(26)12-3-6-18-16(8-12)23-19(27)10-29-18/h2-6,8-9H,1,7,10-11H2,(H,23,27). The first kappa shape index (κ1) is 20.2.